The van der Waals surface area contributed by atoms with E-state index in [0.717, 1.165) is 0 Å². The third kappa shape index (κ3) is 5.46. The summed E-state index contributed by atoms with van der Waals surface area (Å²) in [5.41, 5.74) is -8.16. The van der Waals surface area contributed by atoms with Crippen LogP contribution in [0.3, 0.4) is 0 Å². The average molecular weight is 391 g/mol. The summed E-state index contributed by atoms with van der Waals surface area (Å²) in [7, 11) is -5.80. The van der Waals surface area contributed by atoms with Gasteiger partial charge in [-0.1, -0.05) is 0 Å². The molecule has 1 fully saturated rings. The first-order valence-corrected chi connectivity index (χ1v) is 8.71. The number of alkyl carbamates (subject to hydrolysis) is 1. The highest BCUT2D eigenvalue weighted by Crippen LogP contribution is 2.39. The molecule has 25 heavy (non-hydrogen) atoms. The smallest absolute Gasteiger partial charge is 0.464 e. The minimum Gasteiger partial charge on any atom is -0.464 e. The van der Waals surface area contributed by atoms with Crippen molar-refractivity contribution in [2.24, 2.45) is 0 Å². The van der Waals surface area contributed by atoms with Crippen LogP contribution in [0, 0.1) is 0 Å². The second-order valence-corrected chi connectivity index (χ2v) is 8.02. The van der Waals surface area contributed by atoms with E-state index in [9.17, 15) is 31.2 Å². The van der Waals surface area contributed by atoms with Crippen LogP contribution in [0.2, 0.25) is 0 Å². The number of carbonyl (C=O) groups is 2. The van der Waals surface area contributed by atoms with Gasteiger partial charge in [-0.2, -0.15) is 21.6 Å². The maximum Gasteiger partial charge on any atom is 0.523 e. The van der Waals surface area contributed by atoms with Gasteiger partial charge in [-0.3, -0.25) is 4.18 Å². The Morgan fingerprint density at radius 3 is 2.12 bits per heavy atom. The molecule has 146 valence electrons. The largest absolute Gasteiger partial charge is 0.523 e. The molecule has 1 rings (SSSR count). The number of hydrogen-bond acceptors (Lipinski definition) is 7. The van der Waals surface area contributed by atoms with Gasteiger partial charge in [-0.05, 0) is 27.7 Å². The zero-order chi connectivity index (χ0) is 19.7. The van der Waals surface area contributed by atoms with Gasteiger partial charge in [0.15, 0.2) is 0 Å². The number of amides is 1. The monoisotopic (exact) mass is 391 g/mol. The Bertz CT molecular complexity index is 619. The maximum atomic E-state index is 12.3. The van der Waals surface area contributed by atoms with Crippen LogP contribution < -0.4 is 5.32 Å². The van der Waals surface area contributed by atoms with Crippen LogP contribution in [0.1, 0.15) is 40.5 Å². The van der Waals surface area contributed by atoms with E-state index >= 15 is 0 Å². The quantitative estimate of drug-likeness (QED) is 0.433. The van der Waals surface area contributed by atoms with E-state index in [4.69, 9.17) is 9.47 Å². The second kappa shape index (κ2) is 6.98. The topological polar surface area (TPSA) is 108 Å². The summed E-state index contributed by atoms with van der Waals surface area (Å²) in [5, 5.41) is 2.23. The van der Waals surface area contributed by atoms with Crippen molar-refractivity contribution >= 4 is 22.2 Å². The Kier molecular flexibility index (Phi) is 6.00. The third-order valence-corrected chi connectivity index (χ3v) is 4.20. The highest BCUT2D eigenvalue weighted by atomic mass is 32.2. The van der Waals surface area contributed by atoms with Gasteiger partial charge in [0.1, 0.15) is 11.1 Å². The fourth-order valence-corrected chi connectivity index (χ4v) is 2.71. The van der Waals surface area contributed by atoms with Crippen molar-refractivity contribution in [1.29, 1.82) is 0 Å². The Morgan fingerprint density at radius 1 is 1.20 bits per heavy atom. The molecule has 8 nitrogen and oxygen atoms in total. The van der Waals surface area contributed by atoms with Gasteiger partial charge in [0.2, 0.25) is 0 Å². The van der Waals surface area contributed by atoms with Gasteiger partial charge >= 0.3 is 27.7 Å². The second-order valence-electron chi connectivity index (χ2n) is 6.46. The molecule has 0 aromatic rings. The van der Waals surface area contributed by atoms with Crippen molar-refractivity contribution < 1.29 is 44.8 Å². The SMILES string of the molecule is CCOC(=O)[C@]1(NC(=O)OC(C)(C)C)C[C@H](OS(=O)(=O)C(F)(F)F)C1. The van der Waals surface area contributed by atoms with E-state index in [-0.39, 0.29) is 6.61 Å². The zero-order valence-electron chi connectivity index (χ0n) is 14.1. The van der Waals surface area contributed by atoms with Crippen molar-refractivity contribution in [3.05, 3.63) is 0 Å². The lowest BCUT2D eigenvalue weighted by atomic mass is 9.74. The third-order valence-electron chi connectivity index (χ3n) is 3.10. The molecule has 1 N–H and O–H groups in total. The normalized spacial score (nSPS) is 24.2. The van der Waals surface area contributed by atoms with E-state index in [1.165, 1.54) is 6.92 Å². The number of alkyl halides is 3. The molecule has 0 unspecified atom stereocenters. The van der Waals surface area contributed by atoms with E-state index in [1.807, 2.05) is 0 Å². The zero-order valence-corrected chi connectivity index (χ0v) is 14.9. The molecule has 0 saturated heterocycles. The molecule has 0 spiro atoms. The minimum atomic E-state index is -5.80. The highest BCUT2D eigenvalue weighted by molar-refractivity contribution is 7.87. The van der Waals surface area contributed by atoms with E-state index < -0.39 is 57.8 Å². The summed E-state index contributed by atoms with van der Waals surface area (Å²) in [6.45, 7) is 6.19. The van der Waals surface area contributed by atoms with Crippen LogP contribution in [-0.4, -0.2) is 49.8 Å². The summed E-state index contributed by atoms with van der Waals surface area (Å²) in [6, 6.07) is 0. The molecular formula is C13H20F3NO7S. The molecule has 0 aromatic carbocycles. The van der Waals surface area contributed by atoms with E-state index in [1.54, 1.807) is 20.8 Å². The fraction of sp³-hybridized carbons (Fsp3) is 0.846. The van der Waals surface area contributed by atoms with E-state index in [2.05, 4.69) is 9.50 Å². The van der Waals surface area contributed by atoms with Gasteiger partial charge in [-0.25, -0.2) is 9.59 Å². The number of nitrogens with one attached hydrogen (secondary N) is 1. The van der Waals surface area contributed by atoms with Crippen molar-refractivity contribution in [3.8, 4) is 0 Å². The maximum absolute atomic E-state index is 12.3. The number of esters is 1. The molecule has 0 atom stereocenters. The molecule has 0 radical (unpaired) electrons. The summed E-state index contributed by atoms with van der Waals surface area (Å²) in [6.07, 6.45) is -3.41. The van der Waals surface area contributed by atoms with Crippen molar-refractivity contribution in [2.75, 3.05) is 6.61 Å². The first kappa shape index (κ1) is 21.5. The Balaban J connectivity index is 2.83. The van der Waals surface area contributed by atoms with Gasteiger partial charge < -0.3 is 14.8 Å². The van der Waals surface area contributed by atoms with E-state index in [0.29, 0.717) is 0 Å². The molecule has 12 heteroatoms. The predicted octanol–water partition coefficient (Wildman–Crippen LogP) is 1.84. The van der Waals surface area contributed by atoms with Crippen LogP contribution in [0.5, 0.6) is 0 Å². The van der Waals surface area contributed by atoms with Crippen LogP contribution in [0.15, 0.2) is 0 Å². The predicted molar refractivity (Wildman–Crippen MR) is 77.8 cm³/mol. The van der Waals surface area contributed by atoms with Gasteiger partial charge in [0.05, 0.1) is 12.7 Å². The van der Waals surface area contributed by atoms with Crippen molar-refractivity contribution in [2.45, 2.75) is 63.3 Å². The lowest BCUT2D eigenvalue weighted by Gasteiger charge is -2.44. The molecule has 0 heterocycles. The first-order chi connectivity index (χ1) is 11.1. The lowest BCUT2D eigenvalue weighted by molar-refractivity contribution is -0.160. The van der Waals surface area contributed by atoms with Gasteiger partial charge in [-0.15, -0.1) is 0 Å². The Morgan fingerprint density at radius 2 is 1.72 bits per heavy atom. The number of ether oxygens (including phenoxy) is 2. The summed E-state index contributed by atoms with van der Waals surface area (Å²) in [4.78, 5) is 23.9. The van der Waals surface area contributed by atoms with Crippen molar-refractivity contribution in [3.63, 3.8) is 0 Å². The molecule has 1 amide bonds. The molecule has 1 saturated carbocycles. The standard InChI is InChI=1S/C13H20F3NO7S/c1-5-22-9(18)12(17-10(19)23-11(2,3)4)6-8(7-12)24-25(20,21)13(14,15)16/h8H,5-7H2,1-4H3,(H,17,19)/t8-,12-. The Hall–Kier alpha value is -1.56. The number of carbonyl (C=O) groups excluding carboxylic acids is 2. The van der Waals surface area contributed by atoms with Gasteiger partial charge in [0, 0.05) is 12.8 Å². The number of hydrogen-bond donors (Lipinski definition) is 1. The molecule has 1 aliphatic rings. The lowest BCUT2D eigenvalue weighted by Crippen LogP contribution is -2.66. The number of halogens is 3. The molecule has 0 aliphatic heterocycles. The Labute approximate surface area is 143 Å². The molecule has 0 bridgehead atoms. The number of rotatable bonds is 5. The summed E-state index contributed by atoms with van der Waals surface area (Å²) in [5.74, 6) is -0.912. The molecular weight excluding hydrogens is 371 g/mol. The molecule has 0 aromatic heterocycles. The highest BCUT2D eigenvalue weighted by Gasteiger charge is 2.58. The van der Waals surface area contributed by atoms with Crippen LogP contribution >= 0.6 is 0 Å². The molecule has 1 aliphatic carbocycles. The fourth-order valence-electron chi connectivity index (χ4n) is 2.11. The average Bonchev–Trinajstić information content (AvgIpc) is 2.31. The van der Waals surface area contributed by atoms with Crippen molar-refractivity contribution in [1.82, 2.24) is 5.32 Å². The van der Waals surface area contributed by atoms with Crippen LogP contribution in [0.4, 0.5) is 18.0 Å². The summed E-state index contributed by atoms with van der Waals surface area (Å²) < 4.78 is 72.8. The van der Waals surface area contributed by atoms with Gasteiger partial charge in [0.25, 0.3) is 0 Å². The minimum absolute atomic E-state index is 0.0387. The van der Waals surface area contributed by atoms with Crippen LogP contribution in [-0.2, 0) is 28.6 Å². The summed E-state index contributed by atoms with van der Waals surface area (Å²) >= 11 is 0. The first-order valence-electron chi connectivity index (χ1n) is 7.30. The van der Waals surface area contributed by atoms with Crippen LogP contribution in [0.25, 0.3) is 0 Å².